The first-order valence-electron chi connectivity index (χ1n) is 11.3. The van der Waals surface area contributed by atoms with Crippen LogP contribution in [0.2, 0.25) is 10.0 Å². The summed E-state index contributed by atoms with van der Waals surface area (Å²) in [4.78, 5) is 31.4. The Labute approximate surface area is 228 Å². The number of ether oxygens (including phenoxy) is 1. The summed E-state index contributed by atoms with van der Waals surface area (Å²) in [5.41, 5.74) is 4.07. The largest absolute Gasteiger partial charge is 0.465 e. The number of hydrogen-bond acceptors (Lipinski definition) is 5. The number of halogens is 2. The van der Waals surface area contributed by atoms with Gasteiger partial charge in [0, 0.05) is 36.3 Å². The van der Waals surface area contributed by atoms with Gasteiger partial charge >= 0.3 is 5.97 Å². The number of aromatic nitrogens is 1. The zero-order valence-corrected chi connectivity index (χ0v) is 22.3. The lowest BCUT2D eigenvalue weighted by Crippen LogP contribution is -2.23. The van der Waals surface area contributed by atoms with Crippen LogP contribution in [0.3, 0.4) is 0 Å². The number of aliphatic imine (C=N–C) groups is 1. The number of methoxy groups -OCH3 is 1. The molecule has 0 saturated carbocycles. The van der Waals surface area contributed by atoms with E-state index in [1.165, 1.54) is 23.8 Å². The number of amidine groups is 1. The fourth-order valence-corrected chi connectivity index (χ4v) is 5.35. The third-order valence-electron chi connectivity index (χ3n) is 5.96. The first-order valence-corrected chi connectivity index (χ1v) is 12.9. The maximum absolute atomic E-state index is 13.1. The number of thioether (sulfide) groups is 1. The molecule has 1 aliphatic rings. The van der Waals surface area contributed by atoms with E-state index < -0.39 is 5.97 Å². The van der Waals surface area contributed by atoms with Crippen molar-refractivity contribution in [3.63, 3.8) is 0 Å². The molecule has 1 fully saturated rings. The van der Waals surface area contributed by atoms with Crippen molar-refractivity contribution in [2.75, 3.05) is 14.2 Å². The van der Waals surface area contributed by atoms with Gasteiger partial charge in [-0.2, -0.15) is 0 Å². The van der Waals surface area contributed by atoms with Crippen molar-refractivity contribution >= 4 is 74.7 Å². The summed E-state index contributed by atoms with van der Waals surface area (Å²) in [6.45, 7) is 0.607. The van der Waals surface area contributed by atoms with E-state index in [-0.39, 0.29) is 5.91 Å². The second-order valence-electron chi connectivity index (χ2n) is 8.39. The first kappa shape index (κ1) is 25.1. The molecule has 1 aliphatic heterocycles. The molecule has 1 saturated heterocycles. The minimum Gasteiger partial charge on any atom is -0.465 e. The van der Waals surface area contributed by atoms with Crippen LogP contribution in [0, 0.1) is 0 Å². The molecular weight excluding hydrogens is 529 g/mol. The summed E-state index contributed by atoms with van der Waals surface area (Å²) in [5.74, 6) is -0.540. The Morgan fingerprint density at radius 2 is 1.81 bits per heavy atom. The molecule has 0 radical (unpaired) electrons. The Bertz CT molecular complexity index is 1590. The Hall–Kier alpha value is -3.52. The van der Waals surface area contributed by atoms with Crippen LogP contribution in [0.25, 0.3) is 17.0 Å². The van der Waals surface area contributed by atoms with Crippen LogP contribution in [0.1, 0.15) is 21.5 Å². The van der Waals surface area contributed by atoms with E-state index in [2.05, 4.69) is 15.6 Å². The van der Waals surface area contributed by atoms with Crippen molar-refractivity contribution in [2.45, 2.75) is 6.54 Å². The summed E-state index contributed by atoms with van der Waals surface area (Å²) in [5, 5.41) is 2.63. The number of amides is 1. The molecule has 6 nitrogen and oxygen atoms in total. The van der Waals surface area contributed by atoms with Gasteiger partial charge in [-0.3, -0.25) is 9.69 Å². The van der Waals surface area contributed by atoms with Crippen LogP contribution < -0.4 is 0 Å². The molecule has 1 aromatic heterocycles. The summed E-state index contributed by atoms with van der Waals surface area (Å²) in [6.07, 6.45) is 3.94. The number of rotatable bonds is 5. The standard InChI is InChI=1S/C28H21Cl2N3O3S/c1-32-26(34)25(37-28(32)31-20-10-8-18(9-11-20)27(35)36-2)14-19-16-33(24-6-4-3-5-21(19)24)15-17-7-12-22(29)23(30)13-17/h3-14,16H,15H2,1-2H3. The third-order valence-corrected chi connectivity index (χ3v) is 7.76. The number of para-hydroxylation sites is 1. The minimum atomic E-state index is -0.412. The van der Waals surface area contributed by atoms with Gasteiger partial charge in [0.05, 0.1) is 33.3 Å². The van der Waals surface area contributed by atoms with Gasteiger partial charge in [-0.15, -0.1) is 0 Å². The average Bonchev–Trinajstić information content (AvgIpc) is 3.38. The average molecular weight is 550 g/mol. The smallest absolute Gasteiger partial charge is 0.337 e. The highest BCUT2D eigenvalue weighted by atomic mass is 35.5. The highest BCUT2D eigenvalue weighted by molar-refractivity contribution is 8.18. The SMILES string of the molecule is COC(=O)c1ccc(N=C2SC(=Cc3cn(Cc4ccc(Cl)c(Cl)c4)c4ccccc34)C(=O)N2C)cc1. The van der Waals surface area contributed by atoms with Gasteiger partial charge in [0.25, 0.3) is 5.91 Å². The second kappa shape index (κ2) is 10.5. The van der Waals surface area contributed by atoms with E-state index in [1.807, 2.05) is 42.6 Å². The lowest BCUT2D eigenvalue weighted by atomic mass is 10.1. The lowest BCUT2D eigenvalue weighted by molar-refractivity contribution is -0.121. The number of carbonyl (C=O) groups excluding carboxylic acids is 2. The van der Waals surface area contributed by atoms with E-state index in [0.29, 0.717) is 37.9 Å². The predicted octanol–water partition coefficient (Wildman–Crippen LogP) is 7.02. The van der Waals surface area contributed by atoms with Crippen molar-refractivity contribution in [3.8, 4) is 0 Å². The molecule has 9 heteroatoms. The predicted molar refractivity (Wildman–Crippen MR) is 151 cm³/mol. The maximum atomic E-state index is 13.1. The van der Waals surface area contributed by atoms with Crippen LogP contribution in [0.4, 0.5) is 5.69 Å². The van der Waals surface area contributed by atoms with Crippen molar-refractivity contribution in [1.29, 1.82) is 0 Å². The van der Waals surface area contributed by atoms with Crippen LogP contribution in [-0.2, 0) is 16.1 Å². The van der Waals surface area contributed by atoms with Gasteiger partial charge in [0.1, 0.15) is 0 Å². The molecule has 186 valence electrons. The van der Waals surface area contributed by atoms with Gasteiger partial charge in [0.2, 0.25) is 0 Å². The van der Waals surface area contributed by atoms with Gasteiger partial charge in [-0.05, 0) is 65.9 Å². The molecule has 2 heterocycles. The molecule has 3 aromatic carbocycles. The number of esters is 1. The maximum Gasteiger partial charge on any atom is 0.337 e. The molecule has 0 N–H and O–H groups in total. The van der Waals surface area contributed by atoms with Crippen LogP contribution in [0.15, 0.2) is 82.8 Å². The van der Waals surface area contributed by atoms with Crippen molar-refractivity contribution in [3.05, 3.63) is 105 Å². The number of likely N-dealkylation sites (N-methyl/N-ethyl adjacent to an activating group) is 1. The van der Waals surface area contributed by atoms with Crippen molar-refractivity contribution in [2.24, 2.45) is 4.99 Å². The molecule has 0 bridgehead atoms. The van der Waals surface area contributed by atoms with Gasteiger partial charge < -0.3 is 9.30 Å². The second-order valence-corrected chi connectivity index (χ2v) is 10.2. The minimum absolute atomic E-state index is 0.128. The zero-order chi connectivity index (χ0) is 26.1. The Morgan fingerprint density at radius 3 is 2.54 bits per heavy atom. The van der Waals surface area contributed by atoms with E-state index in [9.17, 15) is 9.59 Å². The van der Waals surface area contributed by atoms with E-state index >= 15 is 0 Å². The van der Waals surface area contributed by atoms with Crippen molar-refractivity contribution < 1.29 is 14.3 Å². The highest BCUT2D eigenvalue weighted by Gasteiger charge is 2.30. The van der Waals surface area contributed by atoms with E-state index in [4.69, 9.17) is 27.9 Å². The van der Waals surface area contributed by atoms with Crippen LogP contribution in [-0.4, -0.2) is 40.7 Å². The van der Waals surface area contributed by atoms with Crippen molar-refractivity contribution in [1.82, 2.24) is 9.47 Å². The molecule has 0 atom stereocenters. The quantitative estimate of drug-likeness (QED) is 0.198. The number of fused-ring (bicyclic) bond motifs is 1. The summed E-state index contributed by atoms with van der Waals surface area (Å²) in [6, 6.07) is 20.4. The number of carbonyl (C=O) groups is 2. The molecule has 0 spiro atoms. The van der Waals surface area contributed by atoms with E-state index in [1.54, 1.807) is 37.4 Å². The first-order chi connectivity index (χ1) is 17.8. The fraction of sp³-hybridized carbons (Fsp3) is 0.107. The van der Waals surface area contributed by atoms with Gasteiger partial charge in [-0.1, -0.05) is 47.5 Å². The third kappa shape index (κ3) is 5.16. The monoisotopic (exact) mass is 549 g/mol. The number of benzene rings is 3. The number of nitrogens with zero attached hydrogens (tertiary/aromatic N) is 3. The van der Waals surface area contributed by atoms with Gasteiger partial charge in [-0.25, -0.2) is 9.79 Å². The summed E-state index contributed by atoms with van der Waals surface area (Å²) < 4.78 is 6.87. The highest BCUT2D eigenvalue weighted by Crippen LogP contribution is 2.35. The molecule has 0 aliphatic carbocycles. The molecule has 5 rings (SSSR count). The molecular formula is C28H21Cl2N3O3S. The molecule has 0 unspecified atom stereocenters. The lowest BCUT2D eigenvalue weighted by Gasteiger charge is -2.07. The topological polar surface area (TPSA) is 63.9 Å². The van der Waals surface area contributed by atoms with Gasteiger partial charge in [0.15, 0.2) is 5.17 Å². The van der Waals surface area contributed by atoms with Crippen LogP contribution in [0.5, 0.6) is 0 Å². The zero-order valence-electron chi connectivity index (χ0n) is 19.9. The van der Waals surface area contributed by atoms with Crippen LogP contribution >= 0.6 is 35.0 Å². The Morgan fingerprint density at radius 1 is 1.05 bits per heavy atom. The number of hydrogen-bond donors (Lipinski definition) is 0. The summed E-state index contributed by atoms with van der Waals surface area (Å²) in [7, 11) is 3.04. The molecule has 37 heavy (non-hydrogen) atoms. The normalized spacial score (nSPS) is 15.8. The Kier molecular flexibility index (Phi) is 7.11. The molecule has 4 aromatic rings. The molecule has 1 amide bonds. The fourth-order valence-electron chi connectivity index (χ4n) is 4.05. The summed E-state index contributed by atoms with van der Waals surface area (Å²) >= 11 is 13.6. The Balaban J connectivity index is 1.45. The van der Waals surface area contributed by atoms with E-state index in [0.717, 1.165) is 22.0 Å².